The van der Waals surface area contributed by atoms with Gasteiger partial charge in [-0.2, -0.15) is 0 Å². The first-order valence-electron chi connectivity index (χ1n) is 11.5. The molecule has 6 heteroatoms. The number of fused-ring (bicyclic) bond motifs is 1. The molecule has 33 heavy (non-hydrogen) atoms. The van der Waals surface area contributed by atoms with Crippen molar-refractivity contribution in [1.82, 2.24) is 14.9 Å². The molecule has 1 aromatic heterocycles. The van der Waals surface area contributed by atoms with Gasteiger partial charge in [0.1, 0.15) is 0 Å². The van der Waals surface area contributed by atoms with Crippen LogP contribution in [0, 0.1) is 11.8 Å². The summed E-state index contributed by atoms with van der Waals surface area (Å²) in [6.45, 7) is 2.19. The Morgan fingerprint density at radius 2 is 1.64 bits per heavy atom. The van der Waals surface area contributed by atoms with Crippen molar-refractivity contribution in [3.05, 3.63) is 78.1 Å². The van der Waals surface area contributed by atoms with Crippen LogP contribution in [0.1, 0.15) is 28.8 Å². The molecule has 2 atom stereocenters. The number of Topliss-reactive ketones (excluding diaryl/α,β-unsaturated/α-hetero) is 1. The fourth-order valence-corrected chi connectivity index (χ4v) is 5.52. The van der Waals surface area contributed by atoms with Crippen molar-refractivity contribution in [3.8, 4) is 17.1 Å². The van der Waals surface area contributed by atoms with E-state index in [9.17, 15) is 9.90 Å². The normalized spacial score (nSPS) is 24.5. The van der Waals surface area contributed by atoms with Gasteiger partial charge in [0.2, 0.25) is 0 Å². The van der Waals surface area contributed by atoms with Crippen LogP contribution < -0.4 is 4.74 Å². The Balaban J connectivity index is 1.16. The summed E-state index contributed by atoms with van der Waals surface area (Å²) >= 11 is 0. The van der Waals surface area contributed by atoms with Crippen LogP contribution in [0.25, 0.3) is 11.1 Å². The first-order valence-corrected chi connectivity index (χ1v) is 11.5. The lowest BCUT2D eigenvalue weighted by Crippen LogP contribution is -2.34. The lowest BCUT2D eigenvalue weighted by molar-refractivity contribution is 0.0355. The second-order valence-corrected chi connectivity index (χ2v) is 9.47. The van der Waals surface area contributed by atoms with Crippen LogP contribution in [0.5, 0.6) is 6.01 Å². The lowest BCUT2D eigenvalue weighted by atomic mass is 9.91. The minimum absolute atomic E-state index is 0.132. The summed E-state index contributed by atoms with van der Waals surface area (Å²) in [5, 5.41) is 11.1. The lowest BCUT2D eigenvalue weighted by Gasteiger charge is -2.26. The third-order valence-corrected chi connectivity index (χ3v) is 7.03. The summed E-state index contributed by atoms with van der Waals surface area (Å²) in [6.07, 6.45) is 5.77. The van der Waals surface area contributed by atoms with E-state index in [2.05, 4.69) is 27.0 Å². The molecular weight excluding hydrogens is 414 g/mol. The van der Waals surface area contributed by atoms with Gasteiger partial charge in [-0.1, -0.05) is 54.6 Å². The molecule has 2 aliphatic rings. The van der Waals surface area contributed by atoms with Gasteiger partial charge in [-0.15, -0.1) is 0 Å². The van der Waals surface area contributed by atoms with Gasteiger partial charge in [-0.3, -0.25) is 9.69 Å². The maximum Gasteiger partial charge on any atom is 0.316 e. The van der Waals surface area contributed by atoms with Crippen LogP contribution in [-0.2, 0) is 6.42 Å². The Kier molecular flexibility index (Phi) is 5.96. The molecule has 1 saturated carbocycles. The zero-order chi connectivity index (χ0) is 22.8. The van der Waals surface area contributed by atoms with Gasteiger partial charge in [0.15, 0.2) is 5.78 Å². The maximum atomic E-state index is 12.9. The fourth-order valence-electron chi connectivity index (χ4n) is 5.52. The highest BCUT2D eigenvalue weighted by Crippen LogP contribution is 2.45. The number of rotatable bonds is 7. The number of hydrogen-bond donors (Lipinski definition) is 1. The summed E-state index contributed by atoms with van der Waals surface area (Å²) in [6, 6.07) is 18.2. The minimum Gasteiger partial charge on any atom is -0.467 e. The maximum absolute atomic E-state index is 12.9. The molecular formula is C27H29N3O3. The molecule has 0 radical (unpaired) electrons. The molecule has 170 valence electrons. The van der Waals surface area contributed by atoms with Gasteiger partial charge in [-0.05, 0) is 35.8 Å². The number of ether oxygens (including phenoxy) is 1. The van der Waals surface area contributed by atoms with E-state index >= 15 is 0 Å². The van der Waals surface area contributed by atoms with Crippen LogP contribution >= 0.6 is 0 Å². The average Bonchev–Trinajstić information content (AvgIpc) is 3.33. The van der Waals surface area contributed by atoms with Crippen LogP contribution in [0.3, 0.4) is 0 Å². The Morgan fingerprint density at radius 3 is 2.24 bits per heavy atom. The third-order valence-electron chi connectivity index (χ3n) is 7.03. The highest BCUT2D eigenvalue weighted by atomic mass is 16.5. The zero-order valence-electron chi connectivity index (χ0n) is 18.9. The van der Waals surface area contributed by atoms with Crippen LogP contribution in [0.15, 0.2) is 67.0 Å². The van der Waals surface area contributed by atoms with Crippen LogP contribution in [0.4, 0.5) is 0 Å². The Morgan fingerprint density at radius 1 is 1.00 bits per heavy atom. The van der Waals surface area contributed by atoms with E-state index in [1.165, 1.54) is 12.7 Å². The van der Waals surface area contributed by atoms with E-state index in [1.54, 1.807) is 12.4 Å². The fraction of sp³-hybridized carbons (Fsp3) is 0.370. The number of carbonyl (C=O) groups is 1. The number of carbonyl (C=O) groups excluding carboxylic acids is 1. The molecule has 2 aromatic carbocycles. The first kappa shape index (κ1) is 21.7. The average molecular weight is 444 g/mol. The first-order chi connectivity index (χ1) is 16.0. The second-order valence-electron chi connectivity index (χ2n) is 9.47. The highest BCUT2D eigenvalue weighted by molar-refractivity contribution is 5.98. The number of benzene rings is 2. The molecule has 0 spiro atoms. The number of methoxy groups -OCH3 is 1. The van der Waals surface area contributed by atoms with E-state index in [0.717, 1.165) is 37.1 Å². The number of ketones is 1. The van der Waals surface area contributed by atoms with E-state index in [0.29, 0.717) is 36.4 Å². The standard InChI is InChI=1S/C27H29N3O3/c1-33-26-28-14-24(15-29-26)20-7-9-21(10-8-20)25(31)18-30-16-22-12-27(32,13-23(22)17-30)11-19-5-3-2-4-6-19/h2-10,14-15,22-23,32H,11-13,16-18H2,1H3. The highest BCUT2D eigenvalue weighted by Gasteiger charge is 2.48. The van der Waals surface area contributed by atoms with Crippen molar-refractivity contribution in [1.29, 1.82) is 0 Å². The molecule has 2 unspecified atom stereocenters. The summed E-state index contributed by atoms with van der Waals surface area (Å²) < 4.78 is 5.00. The number of aliphatic hydroxyl groups is 1. The number of aromatic nitrogens is 2. The molecule has 1 N–H and O–H groups in total. The predicted octanol–water partition coefficient (Wildman–Crippen LogP) is 3.65. The topological polar surface area (TPSA) is 75.5 Å². The van der Waals surface area contributed by atoms with Crippen LogP contribution in [0.2, 0.25) is 0 Å². The molecule has 0 bridgehead atoms. The second kappa shape index (κ2) is 9.04. The molecule has 5 rings (SSSR count). The molecule has 1 aliphatic carbocycles. The van der Waals surface area contributed by atoms with E-state index in [4.69, 9.17) is 4.74 Å². The van der Waals surface area contributed by atoms with Gasteiger partial charge >= 0.3 is 6.01 Å². The molecule has 1 aliphatic heterocycles. The van der Waals surface area contributed by atoms with Crippen molar-refractivity contribution in [2.75, 3.05) is 26.7 Å². The van der Waals surface area contributed by atoms with Crippen molar-refractivity contribution in [2.24, 2.45) is 11.8 Å². The van der Waals surface area contributed by atoms with Gasteiger partial charge in [-0.25, -0.2) is 9.97 Å². The number of nitrogens with zero attached hydrogens (tertiary/aromatic N) is 3. The summed E-state index contributed by atoms with van der Waals surface area (Å²) in [5.41, 5.74) is 3.13. The van der Waals surface area contributed by atoms with Crippen LogP contribution in [-0.4, -0.2) is 58.1 Å². The molecule has 0 amide bonds. The van der Waals surface area contributed by atoms with E-state index in [1.807, 2.05) is 42.5 Å². The number of likely N-dealkylation sites (tertiary alicyclic amines) is 1. The Labute approximate surface area is 194 Å². The summed E-state index contributed by atoms with van der Waals surface area (Å²) in [5.74, 6) is 1.06. The number of hydrogen-bond acceptors (Lipinski definition) is 6. The van der Waals surface area contributed by atoms with Gasteiger partial charge in [0.05, 0.1) is 19.3 Å². The van der Waals surface area contributed by atoms with Crippen molar-refractivity contribution in [2.45, 2.75) is 24.9 Å². The monoisotopic (exact) mass is 443 g/mol. The smallest absolute Gasteiger partial charge is 0.316 e. The third kappa shape index (κ3) is 4.82. The van der Waals surface area contributed by atoms with E-state index < -0.39 is 5.60 Å². The van der Waals surface area contributed by atoms with Crippen molar-refractivity contribution in [3.63, 3.8) is 0 Å². The predicted molar refractivity (Wildman–Crippen MR) is 126 cm³/mol. The van der Waals surface area contributed by atoms with Crippen molar-refractivity contribution < 1.29 is 14.6 Å². The quantitative estimate of drug-likeness (QED) is 0.562. The zero-order valence-corrected chi connectivity index (χ0v) is 18.9. The largest absolute Gasteiger partial charge is 0.467 e. The van der Waals surface area contributed by atoms with E-state index in [-0.39, 0.29) is 5.78 Å². The Hall–Kier alpha value is -3.09. The molecule has 1 saturated heterocycles. The Bertz CT molecular complexity index is 1090. The van der Waals surface area contributed by atoms with Gasteiger partial charge in [0.25, 0.3) is 0 Å². The molecule has 6 nitrogen and oxygen atoms in total. The molecule has 3 aromatic rings. The SMILES string of the molecule is COc1ncc(-c2ccc(C(=O)CN3CC4CC(O)(Cc5ccccc5)CC4C3)cc2)cn1. The minimum atomic E-state index is -0.617. The molecule has 2 fully saturated rings. The molecule has 2 heterocycles. The van der Waals surface area contributed by atoms with Crippen molar-refractivity contribution >= 4 is 5.78 Å². The summed E-state index contributed by atoms with van der Waals surface area (Å²) in [7, 11) is 1.54. The van der Waals surface area contributed by atoms with Gasteiger partial charge in [0, 0.05) is 43.0 Å². The van der Waals surface area contributed by atoms with Gasteiger partial charge < -0.3 is 9.84 Å². The summed E-state index contributed by atoms with van der Waals surface area (Å²) in [4.78, 5) is 23.4.